The summed E-state index contributed by atoms with van der Waals surface area (Å²) >= 11 is 0. The maximum Gasteiger partial charge on any atom is 0.471 e. The maximum atomic E-state index is 10.9. The van der Waals surface area contributed by atoms with Gasteiger partial charge < -0.3 is 14.9 Å². The highest BCUT2D eigenvalue weighted by molar-refractivity contribution is 7.47. The van der Waals surface area contributed by atoms with Gasteiger partial charge in [-0.2, -0.15) is 0 Å². The number of hydrogen-bond donors (Lipinski definition) is 2. The minimum Gasteiger partial charge on any atom is -0.453 e. The zero-order valence-electron chi connectivity index (χ0n) is 16.0. The highest BCUT2D eigenvalue weighted by Gasteiger charge is 2.35. The summed E-state index contributed by atoms with van der Waals surface area (Å²) in [4.78, 5) is 19.6. The second-order valence-corrected chi connectivity index (χ2v) is 8.26. The lowest BCUT2D eigenvalue weighted by Crippen LogP contribution is -2.23. The summed E-state index contributed by atoms with van der Waals surface area (Å²) in [6.45, 7) is 0.746. The van der Waals surface area contributed by atoms with Gasteiger partial charge in [-0.25, -0.2) is 9.36 Å². The molecule has 0 saturated heterocycles. The smallest absolute Gasteiger partial charge is 0.453 e. The molecular formula is C18H34NO6P. The van der Waals surface area contributed by atoms with E-state index in [4.69, 9.17) is 4.89 Å². The first-order chi connectivity index (χ1) is 12.5. The Hall–Kier alpha value is -0.880. The predicted molar refractivity (Wildman–Crippen MR) is 101 cm³/mol. The van der Waals surface area contributed by atoms with Gasteiger partial charge in [-0.3, -0.25) is 9.05 Å². The Bertz CT molecular complexity index is 457. The number of nitrogens with one attached hydrogen (secondary N) is 1. The van der Waals surface area contributed by atoms with Gasteiger partial charge in [0.1, 0.15) is 0 Å². The third-order valence-electron chi connectivity index (χ3n) is 4.65. The van der Waals surface area contributed by atoms with E-state index in [1.165, 1.54) is 32.8 Å². The van der Waals surface area contributed by atoms with E-state index >= 15 is 0 Å². The van der Waals surface area contributed by atoms with Gasteiger partial charge in [0.2, 0.25) is 0 Å². The Morgan fingerprint density at radius 3 is 2.31 bits per heavy atom. The molecule has 0 radical (unpaired) electrons. The van der Waals surface area contributed by atoms with Crippen molar-refractivity contribution in [3.8, 4) is 0 Å². The summed E-state index contributed by atoms with van der Waals surface area (Å²) in [7, 11) is -1.39. The number of fused-ring (bicyclic) bond motifs is 1. The number of carbonyl (C=O) groups is 1. The SMILES string of the molecule is C1=C\CCC2CC2CC/1.COC(=O)NCCCCCCOP(=O)(O)OC. The highest BCUT2D eigenvalue weighted by atomic mass is 31.2. The molecule has 0 bridgehead atoms. The van der Waals surface area contributed by atoms with Crippen LogP contribution in [0.4, 0.5) is 4.79 Å². The minimum atomic E-state index is -3.83. The number of methoxy groups -OCH3 is 1. The van der Waals surface area contributed by atoms with Crippen molar-refractivity contribution in [2.45, 2.75) is 57.8 Å². The fourth-order valence-corrected chi connectivity index (χ4v) is 3.41. The van der Waals surface area contributed by atoms with E-state index < -0.39 is 13.9 Å². The number of alkyl carbamates (subject to hydrolysis) is 1. The van der Waals surface area contributed by atoms with Crippen molar-refractivity contribution in [2.24, 2.45) is 11.8 Å². The summed E-state index contributed by atoms with van der Waals surface area (Å²) in [5, 5.41) is 2.56. The number of ether oxygens (including phenoxy) is 1. The van der Waals surface area contributed by atoms with Crippen LogP contribution in [0.2, 0.25) is 0 Å². The first-order valence-corrected chi connectivity index (χ1v) is 11.0. The standard InChI is InChI=1S/C9H20NO6P.C9H14/c1-14-9(11)10-7-5-3-4-6-8-16-17(12,13)15-2;1-2-4-6-9-7-8(9)5-3-1/h3-8H2,1-2H3,(H,10,11)(H,12,13);1-2,8-9H,3-7H2/b;2-1-. The van der Waals surface area contributed by atoms with Crippen LogP contribution in [0.1, 0.15) is 57.8 Å². The molecule has 152 valence electrons. The van der Waals surface area contributed by atoms with Crippen LogP contribution in [0.25, 0.3) is 0 Å². The van der Waals surface area contributed by atoms with Crippen molar-refractivity contribution in [3.63, 3.8) is 0 Å². The maximum absolute atomic E-state index is 10.9. The minimum absolute atomic E-state index is 0.187. The predicted octanol–water partition coefficient (Wildman–Crippen LogP) is 4.42. The Morgan fingerprint density at radius 2 is 1.73 bits per heavy atom. The van der Waals surface area contributed by atoms with Crippen molar-refractivity contribution in [1.29, 1.82) is 0 Å². The number of allylic oxidation sites excluding steroid dienone is 2. The molecule has 2 N–H and O–H groups in total. The van der Waals surface area contributed by atoms with E-state index in [1.807, 2.05) is 0 Å². The molecule has 26 heavy (non-hydrogen) atoms. The molecule has 0 aliphatic heterocycles. The van der Waals surface area contributed by atoms with E-state index in [1.54, 1.807) is 6.42 Å². The van der Waals surface area contributed by atoms with Crippen molar-refractivity contribution in [1.82, 2.24) is 5.32 Å². The molecule has 3 atom stereocenters. The number of rotatable bonds is 9. The number of phosphoric ester groups is 1. The van der Waals surface area contributed by atoms with E-state index in [-0.39, 0.29) is 6.61 Å². The first-order valence-electron chi connectivity index (χ1n) is 9.48. The van der Waals surface area contributed by atoms with Crippen LogP contribution in [-0.2, 0) is 18.3 Å². The first kappa shape index (κ1) is 23.2. The van der Waals surface area contributed by atoms with Gasteiger partial charge in [0.15, 0.2) is 0 Å². The summed E-state index contributed by atoms with van der Waals surface area (Å²) in [6.07, 6.45) is 14.7. The normalized spacial score (nSPS) is 24.6. The van der Waals surface area contributed by atoms with E-state index in [9.17, 15) is 9.36 Å². The average molecular weight is 391 g/mol. The summed E-state index contributed by atoms with van der Waals surface area (Å²) in [5.74, 6) is 2.27. The lowest BCUT2D eigenvalue weighted by atomic mass is 10.1. The van der Waals surface area contributed by atoms with Crippen LogP contribution in [0.3, 0.4) is 0 Å². The summed E-state index contributed by atoms with van der Waals surface area (Å²) in [5.41, 5.74) is 0. The molecule has 0 heterocycles. The van der Waals surface area contributed by atoms with Crippen LogP contribution in [0.5, 0.6) is 0 Å². The highest BCUT2D eigenvalue weighted by Crippen LogP contribution is 2.46. The molecule has 1 amide bonds. The Labute approximate surface area is 157 Å². The van der Waals surface area contributed by atoms with Gasteiger partial charge in [0.25, 0.3) is 0 Å². The van der Waals surface area contributed by atoms with Crippen molar-refractivity contribution >= 4 is 13.9 Å². The lowest BCUT2D eigenvalue weighted by Gasteiger charge is -2.08. The quantitative estimate of drug-likeness (QED) is 0.343. The van der Waals surface area contributed by atoms with Crippen LogP contribution in [0, 0.1) is 11.8 Å². The summed E-state index contributed by atoms with van der Waals surface area (Å²) in [6, 6.07) is 0. The average Bonchev–Trinajstić information content (AvgIpc) is 3.34. The molecule has 8 heteroatoms. The second kappa shape index (κ2) is 13.3. The van der Waals surface area contributed by atoms with E-state index in [0.717, 1.165) is 38.2 Å². The summed E-state index contributed by atoms with van der Waals surface area (Å²) < 4.78 is 24.2. The number of amides is 1. The lowest BCUT2D eigenvalue weighted by molar-refractivity contribution is 0.168. The van der Waals surface area contributed by atoms with Gasteiger partial charge in [-0.1, -0.05) is 25.0 Å². The molecule has 2 aliphatic carbocycles. The third kappa shape index (κ3) is 11.7. The molecule has 0 spiro atoms. The number of carbonyl (C=O) groups excluding carboxylic acids is 1. The molecule has 1 fully saturated rings. The molecule has 0 aromatic heterocycles. The largest absolute Gasteiger partial charge is 0.471 e. The Kier molecular flexibility index (Phi) is 11.9. The van der Waals surface area contributed by atoms with E-state index in [0.29, 0.717) is 13.0 Å². The van der Waals surface area contributed by atoms with Crippen LogP contribution >= 0.6 is 7.82 Å². The molecule has 2 rings (SSSR count). The van der Waals surface area contributed by atoms with Crippen molar-refractivity contribution < 1.29 is 28.0 Å². The topological polar surface area (TPSA) is 94.1 Å². The van der Waals surface area contributed by atoms with Crippen LogP contribution < -0.4 is 5.32 Å². The zero-order chi connectivity index (χ0) is 19.3. The van der Waals surface area contributed by atoms with Crippen molar-refractivity contribution in [3.05, 3.63) is 12.2 Å². The monoisotopic (exact) mass is 391 g/mol. The fourth-order valence-electron chi connectivity index (χ4n) is 2.95. The second-order valence-electron chi connectivity index (χ2n) is 6.70. The van der Waals surface area contributed by atoms with Crippen LogP contribution in [-0.4, -0.2) is 38.4 Å². The molecule has 0 aromatic rings. The van der Waals surface area contributed by atoms with Crippen molar-refractivity contribution in [2.75, 3.05) is 27.4 Å². The van der Waals surface area contributed by atoms with Crippen LogP contribution in [0.15, 0.2) is 12.2 Å². The van der Waals surface area contributed by atoms with Gasteiger partial charge >= 0.3 is 13.9 Å². The number of hydrogen-bond acceptors (Lipinski definition) is 5. The molecular weight excluding hydrogens is 357 g/mol. The van der Waals surface area contributed by atoms with Gasteiger partial charge in [-0.05, 0) is 56.8 Å². The molecule has 7 nitrogen and oxygen atoms in total. The van der Waals surface area contributed by atoms with E-state index in [2.05, 4.69) is 31.3 Å². The molecule has 3 unspecified atom stereocenters. The third-order valence-corrected chi connectivity index (χ3v) is 5.63. The fraction of sp³-hybridized carbons (Fsp3) is 0.833. The molecule has 0 aromatic carbocycles. The van der Waals surface area contributed by atoms with Gasteiger partial charge in [0.05, 0.1) is 13.7 Å². The Balaban J connectivity index is 0.000000308. The molecule has 1 saturated carbocycles. The number of unbranched alkanes of at least 4 members (excludes halogenated alkanes) is 3. The number of phosphoric acid groups is 1. The molecule has 2 aliphatic rings. The van der Waals surface area contributed by atoms with Gasteiger partial charge in [-0.15, -0.1) is 0 Å². The Morgan fingerprint density at radius 1 is 1.12 bits per heavy atom. The zero-order valence-corrected chi connectivity index (χ0v) is 16.9. The van der Waals surface area contributed by atoms with Gasteiger partial charge in [0, 0.05) is 13.7 Å².